The lowest BCUT2D eigenvalue weighted by Gasteiger charge is -2.30. The van der Waals surface area contributed by atoms with Crippen LogP contribution in [0.2, 0.25) is 0 Å². The summed E-state index contributed by atoms with van der Waals surface area (Å²) in [6.07, 6.45) is 0.463. The van der Waals surface area contributed by atoms with E-state index in [2.05, 4.69) is 9.93 Å². The average molecular weight is 491 g/mol. The van der Waals surface area contributed by atoms with E-state index in [9.17, 15) is 18.0 Å². The Labute approximate surface area is 202 Å². The summed E-state index contributed by atoms with van der Waals surface area (Å²) in [4.78, 5) is 28.5. The first-order valence-corrected chi connectivity index (χ1v) is 12.4. The van der Waals surface area contributed by atoms with Crippen molar-refractivity contribution < 1.29 is 22.7 Å². The molecule has 35 heavy (non-hydrogen) atoms. The van der Waals surface area contributed by atoms with Gasteiger partial charge in [0, 0.05) is 6.42 Å². The van der Waals surface area contributed by atoms with Gasteiger partial charge in [-0.1, -0.05) is 54.6 Å². The summed E-state index contributed by atoms with van der Waals surface area (Å²) in [6, 6.07) is 22.3. The van der Waals surface area contributed by atoms with Crippen molar-refractivity contribution >= 4 is 27.5 Å². The lowest BCUT2D eigenvalue weighted by molar-refractivity contribution is -0.134. The van der Waals surface area contributed by atoms with Crippen LogP contribution in [-0.4, -0.2) is 49.6 Å². The maximum atomic E-state index is 13.4. The van der Waals surface area contributed by atoms with E-state index in [0.717, 1.165) is 21.8 Å². The van der Waals surface area contributed by atoms with Crippen LogP contribution in [0.4, 0.5) is 0 Å². The molecule has 3 aromatic rings. The maximum absolute atomic E-state index is 13.4. The topological polar surface area (TPSA) is 108 Å². The Bertz CT molecular complexity index is 1420. The Kier molecular flexibility index (Phi) is 5.83. The van der Waals surface area contributed by atoms with Crippen molar-refractivity contribution in [3.8, 4) is 5.75 Å². The molecule has 0 aliphatic carbocycles. The largest absolute Gasteiger partial charge is 0.497 e. The monoisotopic (exact) mass is 490 g/mol. The zero-order valence-corrected chi connectivity index (χ0v) is 19.6. The molecule has 0 aromatic heterocycles. The van der Waals surface area contributed by atoms with E-state index >= 15 is 0 Å². The van der Waals surface area contributed by atoms with Gasteiger partial charge in [-0.05, 0) is 35.4 Å². The van der Waals surface area contributed by atoms with Gasteiger partial charge in [-0.3, -0.25) is 14.6 Å². The molecular formula is C25H22N4O5S. The van der Waals surface area contributed by atoms with Crippen molar-refractivity contribution in [3.63, 3.8) is 0 Å². The Morgan fingerprint density at radius 3 is 2.43 bits per heavy atom. The lowest BCUT2D eigenvalue weighted by atomic mass is 9.98. The first-order chi connectivity index (χ1) is 16.9. The fraction of sp³-hybridized carbons (Fsp3) is 0.160. The first-order valence-electron chi connectivity index (χ1n) is 10.9. The molecule has 0 saturated heterocycles. The number of methoxy groups -OCH3 is 1. The number of sulfonamides is 1. The highest BCUT2D eigenvalue weighted by atomic mass is 32.2. The quantitative estimate of drug-likeness (QED) is 0.592. The van der Waals surface area contributed by atoms with Crippen molar-refractivity contribution in [1.82, 2.24) is 14.8 Å². The van der Waals surface area contributed by atoms with Crippen LogP contribution in [0.25, 0.3) is 0 Å². The van der Waals surface area contributed by atoms with Crippen LogP contribution in [0.3, 0.4) is 0 Å². The van der Waals surface area contributed by atoms with Gasteiger partial charge in [-0.15, -0.1) is 4.83 Å². The zero-order valence-electron chi connectivity index (χ0n) is 18.8. The van der Waals surface area contributed by atoms with Gasteiger partial charge in [0.2, 0.25) is 0 Å². The third-order valence-electron chi connectivity index (χ3n) is 5.95. The van der Waals surface area contributed by atoms with E-state index in [1.807, 2.05) is 42.5 Å². The number of nitrogens with zero attached hydrogens (tertiary/aromatic N) is 3. The van der Waals surface area contributed by atoms with Crippen LogP contribution < -0.4 is 9.57 Å². The molecule has 0 saturated carbocycles. The molecular weight excluding hydrogens is 468 g/mol. The van der Waals surface area contributed by atoms with Gasteiger partial charge in [0.05, 0.1) is 29.3 Å². The molecule has 5 rings (SSSR count). The number of amides is 2. The number of benzene rings is 3. The van der Waals surface area contributed by atoms with Crippen LogP contribution in [0.5, 0.6) is 5.75 Å². The Morgan fingerprint density at radius 1 is 1.03 bits per heavy atom. The molecule has 0 fully saturated rings. The van der Waals surface area contributed by atoms with E-state index in [4.69, 9.17) is 4.74 Å². The fourth-order valence-corrected chi connectivity index (χ4v) is 5.44. The molecule has 178 valence electrons. The highest BCUT2D eigenvalue weighted by molar-refractivity contribution is 7.89. The van der Waals surface area contributed by atoms with E-state index in [-0.39, 0.29) is 10.5 Å². The van der Waals surface area contributed by atoms with E-state index in [0.29, 0.717) is 12.2 Å². The summed E-state index contributed by atoms with van der Waals surface area (Å²) >= 11 is 0. The summed E-state index contributed by atoms with van der Waals surface area (Å²) in [6.45, 7) is -0.509. The SMILES string of the molecule is COc1ccc([C@H]2CC(c3ccccc3)=NN2C(=O)CN2NS(=O)(=O)c3ccccc3C2=O)cc1. The second-order valence-corrected chi connectivity index (χ2v) is 9.76. The number of ether oxygens (including phenoxy) is 1. The van der Waals surface area contributed by atoms with Gasteiger partial charge < -0.3 is 4.74 Å². The van der Waals surface area contributed by atoms with E-state index in [1.165, 1.54) is 23.2 Å². The fourth-order valence-electron chi connectivity index (χ4n) is 4.20. The first kappa shape index (κ1) is 22.8. The van der Waals surface area contributed by atoms with E-state index in [1.54, 1.807) is 25.3 Å². The van der Waals surface area contributed by atoms with Gasteiger partial charge in [0.1, 0.15) is 12.3 Å². The van der Waals surface area contributed by atoms with Crippen LogP contribution >= 0.6 is 0 Å². The normalized spacial score (nSPS) is 18.7. The molecule has 3 aromatic carbocycles. The van der Waals surface area contributed by atoms with Crippen LogP contribution in [-0.2, 0) is 14.8 Å². The number of rotatable bonds is 5. The van der Waals surface area contributed by atoms with E-state index < -0.39 is 34.4 Å². The van der Waals surface area contributed by atoms with Crippen LogP contribution in [0, 0.1) is 0 Å². The second kappa shape index (κ2) is 8.97. The molecule has 2 amide bonds. The smallest absolute Gasteiger partial charge is 0.270 e. The highest BCUT2D eigenvalue weighted by Gasteiger charge is 2.38. The minimum atomic E-state index is -3.99. The average Bonchev–Trinajstić information content (AvgIpc) is 3.33. The maximum Gasteiger partial charge on any atom is 0.270 e. The molecule has 2 aliphatic heterocycles. The summed E-state index contributed by atoms with van der Waals surface area (Å²) in [5.74, 6) is -0.441. The Balaban J connectivity index is 1.45. The van der Waals surface area contributed by atoms with Gasteiger partial charge >= 0.3 is 0 Å². The minimum absolute atomic E-state index is 0.0145. The molecule has 2 heterocycles. The van der Waals surface area contributed by atoms with Crippen LogP contribution in [0.1, 0.15) is 33.9 Å². The number of fused-ring (bicyclic) bond motifs is 1. The zero-order chi connectivity index (χ0) is 24.6. The molecule has 0 bridgehead atoms. The Hall–Kier alpha value is -4.02. The number of hydrazine groups is 1. The molecule has 10 heteroatoms. The molecule has 1 N–H and O–H groups in total. The second-order valence-electron chi connectivity index (χ2n) is 8.13. The van der Waals surface area contributed by atoms with Crippen molar-refractivity contribution in [3.05, 3.63) is 95.6 Å². The number of hydrogen-bond acceptors (Lipinski definition) is 6. The third kappa shape index (κ3) is 4.29. The third-order valence-corrected chi connectivity index (χ3v) is 7.35. The van der Waals surface area contributed by atoms with Crippen molar-refractivity contribution in [1.29, 1.82) is 0 Å². The number of hydrogen-bond donors (Lipinski definition) is 1. The summed E-state index contributed by atoms with van der Waals surface area (Å²) in [7, 11) is -2.41. The van der Waals surface area contributed by atoms with Gasteiger partial charge in [-0.25, -0.2) is 13.4 Å². The predicted octanol–water partition coefficient (Wildman–Crippen LogP) is 2.72. The molecule has 1 atom stereocenters. The summed E-state index contributed by atoms with van der Waals surface area (Å²) in [5, 5.41) is 6.73. The molecule has 2 aliphatic rings. The van der Waals surface area contributed by atoms with Crippen molar-refractivity contribution in [2.45, 2.75) is 17.4 Å². The summed E-state index contributed by atoms with van der Waals surface area (Å²) in [5.41, 5.74) is 2.45. The molecule has 9 nitrogen and oxygen atoms in total. The summed E-state index contributed by atoms with van der Waals surface area (Å²) < 4.78 is 30.5. The predicted molar refractivity (Wildman–Crippen MR) is 128 cm³/mol. The van der Waals surface area contributed by atoms with Gasteiger partial charge in [0.25, 0.3) is 21.8 Å². The molecule has 0 unspecified atom stereocenters. The molecule has 0 spiro atoms. The molecule has 0 radical (unpaired) electrons. The highest BCUT2D eigenvalue weighted by Crippen LogP contribution is 2.34. The number of hydrazone groups is 1. The number of carbonyl (C=O) groups is 2. The van der Waals surface area contributed by atoms with Crippen LogP contribution in [0.15, 0.2) is 88.9 Å². The Morgan fingerprint density at radius 2 is 1.71 bits per heavy atom. The lowest BCUT2D eigenvalue weighted by Crippen LogP contribution is -2.53. The minimum Gasteiger partial charge on any atom is -0.497 e. The van der Waals surface area contributed by atoms with Crippen molar-refractivity contribution in [2.75, 3.05) is 13.7 Å². The van der Waals surface area contributed by atoms with Crippen molar-refractivity contribution in [2.24, 2.45) is 5.10 Å². The van der Waals surface area contributed by atoms with Gasteiger partial charge in [0.15, 0.2) is 0 Å². The number of carbonyl (C=O) groups excluding carboxylic acids is 2. The standard InChI is InChI=1S/C25H22N4O5S/c1-34-19-13-11-18(12-14-19)22-15-21(17-7-3-2-4-8-17)26-29(22)24(30)16-28-25(31)20-9-5-6-10-23(20)35(32,33)27-28/h2-14,22,27H,15-16H2,1H3/t22-/m1/s1. The number of nitrogens with one attached hydrogen (secondary N) is 1. The van der Waals surface area contributed by atoms with Gasteiger partial charge in [-0.2, -0.15) is 5.10 Å².